The Bertz CT molecular complexity index is 674. The van der Waals surface area contributed by atoms with Crippen LogP contribution in [-0.4, -0.2) is 44.8 Å². The van der Waals surface area contributed by atoms with Gasteiger partial charge in [-0.15, -0.1) is 0 Å². The molecule has 0 bridgehead atoms. The fourth-order valence-electron chi connectivity index (χ4n) is 3.05. The Morgan fingerprint density at radius 3 is 3.00 bits per heavy atom. The van der Waals surface area contributed by atoms with E-state index in [1.165, 1.54) is 12.7 Å². The van der Waals surface area contributed by atoms with Crippen molar-refractivity contribution < 1.29 is 14.3 Å². The van der Waals surface area contributed by atoms with Gasteiger partial charge in [-0.05, 0) is 37.6 Å². The Balaban J connectivity index is 1.96. The van der Waals surface area contributed by atoms with Gasteiger partial charge in [0, 0.05) is 23.7 Å². The maximum atomic E-state index is 12.1. The molecule has 3 rings (SSSR count). The van der Waals surface area contributed by atoms with E-state index in [4.69, 9.17) is 9.47 Å². The zero-order chi connectivity index (χ0) is 17.1. The van der Waals surface area contributed by atoms with Crippen LogP contribution in [0, 0.1) is 0 Å². The highest BCUT2D eigenvalue weighted by Gasteiger charge is 2.23. The molecule has 6 nitrogen and oxygen atoms in total. The van der Waals surface area contributed by atoms with Gasteiger partial charge in [0.05, 0.1) is 32.6 Å². The fraction of sp³-hybridized carbons (Fsp3) is 0.444. The summed E-state index contributed by atoms with van der Waals surface area (Å²) >= 11 is 0. The fourth-order valence-corrected chi connectivity index (χ4v) is 3.05. The van der Waals surface area contributed by atoms with Crippen LogP contribution < -0.4 is 15.0 Å². The first-order valence-electron chi connectivity index (χ1n) is 8.19. The van der Waals surface area contributed by atoms with Crippen molar-refractivity contribution >= 4 is 23.7 Å². The molecule has 1 N–H and O–H groups in total. The van der Waals surface area contributed by atoms with Crippen LogP contribution in [0.5, 0.6) is 5.75 Å². The molecular weight excluding hydrogens is 306 g/mol. The lowest BCUT2D eigenvalue weighted by Crippen LogP contribution is -2.37. The number of carbonyl (C=O) groups excluding carboxylic acids is 1. The van der Waals surface area contributed by atoms with Crippen molar-refractivity contribution in [1.82, 2.24) is 5.32 Å². The van der Waals surface area contributed by atoms with E-state index in [1.54, 1.807) is 11.2 Å². The van der Waals surface area contributed by atoms with E-state index >= 15 is 0 Å². The summed E-state index contributed by atoms with van der Waals surface area (Å²) in [5, 5.41) is 3.22. The number of amides is 1. The maximum absolute atomic E-state index is 12.1. The van der Waals surface area contributed by atoms with Gasteiger partial charge in [-0.25, -0.2) is 4.79 Å². The molecule has 128 valence electrons. The number of benzene rings is 1. The van der Waals surface area contributed by atoms with Gasteiger partial charge in [-0.1, -0.05) is 6.08 Å². The molecular formula is C18H23N3O3. The summed E-state index contributed by atoms with van der Waals surface area (Å²) in [7, 11) is 1.40. The predicted octanol–water partition coefficient (Wildman–Crippen LogP) is 2.83. The van der Waals surface area contributed by atoms with Crippen molar-refractivity contribution in [3.8, 4) is 5.75 Å². The van der Waals surface area contributed by atoms with Crippen molar-refractivity contribution in [2.75, 3.05) is 25.2 Å². The number of rotatable bonds is 3. The van der Waals surface area contributed by atoms with Gasteiger partial charge in [0.2, 0.25) is 0 Å². The molecule has 2 aliphatic rings. The van der Waals surface area contributed by atoms with Crippen molar-refractivity contribution in [1.29, 1.82) is 0 Å². The van der Waals surface area contributed by atoms with Crippen LogP contribution in [0.25, 0.3) is 5.57 Å². The second-order valence-corrected chi connectivity index (χ2v) is 6.17. The number of methoxy groups -OCH3 is 1. The Kier molecular flexibility index (Phi) is 4.74. The number of nitrogens with one attached hydrogen (secondary N) is 1. The lowest BCUT2D eigenvalue weighted by Gasteiger charge is -2.28. The van der Waals surface area contributed by atoms with Gasteiger partial charge in [0.25, 0.3) is 0 Å². The van der Waals surface area contributed by atoms with E-state index in [-0.39, 0.29) is 18.2 Å². The number of nitrogens with zero attached hydrogens (tertiary/aromatic N) is 2. The van der Waals surface area contributed by atoms with Crippen LogP contribution in [0.15, 0.2) is 29.3 Å². The first kappa shape index (κ1) is 16.4. The lowest BCUT2D eigenvalue weighted by molar-refractivity contribution is 0.177. The van der Waals surface area contributed by atoms with Gasteiger partial charge in [-0.2, -0.15) is 0 Å². The SMILES string of the molecule is COC(=O)N(c1ccc2c(c1)/C(=C/C1CN=CN1)CCO2)C(C)C. The minimum Gasteiger partial charge on any atom is -0.493 e. The number of anilines is 1. The minimum atomic E-state index is -0.363. The highest BCUT2D eigenvalue weighted by atomic mass is 16.5. The number of fused-ring (bicyclic) bond motifs is 1. The standard InChI is InChI=1S/C18H23N3O3/c1-12(2)21(18(22)23-3)15-4-5-17-16(9-15)13(6-7-24-17)8-14-10-19-11-20-14/h4-5,8-9,11-12,14H,6-7,10H2,1-3H3,(H,19,20)/b13-8+. The number of hydrogen-bond acceptors (Lipinski definition) is 5. The van der Waals surface area contributed by atoms with Crippen LogP contribution in [0.1, 0.15) is 25.8 Å². The summed E-state index contributed by atoms with van der Waals surface area (Å²) in [6.07, 6.45) is 4.43. The summed E-state index contributed by atoms with van der Waals surface area (Å²) in [6.45, 7) is 5.34. The molecule has 0 radical (unpaired) electrons. The third kappa shape index (κ3) is 3.22. The van der Waals surface area contributed by atoms with E-state index in [2.05, 4.69) is 16.4 Å². The first-order chi connectivity index (χ1) is 11.6. The van der Waals surface area contributed by atoms with Gasteiger partial charge >= 0.3 is 6.09 Å². The molecule has 0 saturated heterocycles. The van der Waals surface area contributed by atoms with Crippen LogP contribution in [0.4, 0.5) is 10.5 Å². The van der Waals surface area contributed by atoms with Gasteiger partial charge in [0.15, 0.2) is 0 Å². The summed E-state index contributed by atoms with van der Waals surface area (Å²) < 4.78 is 10.7. The van der Waals surface area contributed by atoms with Crippen molar-refractivity contribution in [2.24, 2.45) is 4.99 Å². The average Bonchev–Trinajstić information content (AvgIpc) is 3.08. The normalized spacial score (nSPS) is 20.5. The Morgan fingerprint density at radius 2 is 2.33 bits per heavy atom. The van der Waals surface area contributed by atoms with Crippen LogP contribution in [-0.2, 0) is 4.74 Å². The molecule has 2 aliphatic heterocycles. The molecule has 0 aliphatic carbocycles. The zero-order valence-corrected chi connectivity index (χ0v) is 14.3. The van der Waals surface area contributed by atoms with E-state index in [0.29, 0.717) is 6.61 Å². The summed E-state index contributed by atoms with van der Waals surface area (Å²) in [5.74, 6) is 0.851. The molecule has 2 heterocycles. The summed E-state index contributed by atoms with van der Waals surface area (Å²) in [5.41, 5.74) is 3.05. The molecule has 0 spiro atoms. The molecule has 1 aromatic rings. The molecule has 0 saturated carbocycles. The Hall–Kier alpha value is -2.50. The summed E-state index contributed by atoms with van der Waals surface area (Å²) in [6, 6.07) is 6.05. The van der Waals surface area contributed by atoms with Gasteiger partial charge < -0.3 is 14.8 Å². The summed E-state index contributed by atoms with van der Waals surface area (Å²) in [4.78, 5) is 18.0. The minimum absolute atomic E-state index is 0.00247. The molecule has 0 aromatic heterocycles. The third-order valence-electron chi connectivity index (χ3n) is 4.19. The number of carbonyl (C=O) groups is 1. The highest BCUT2D eigenvalue weighted by molar-refractivity contribution is 5.89. The molecule has 1 atom stereocenters. The molecule has 1 aromatic carbocycles. The number of aliphatic imine (C=N–C) groups is 1. The van der Waals surface area contributed by atoms with Crippen LogP contribution >= 0.6 is 0 Å². The van der Waals surface area contributed by atoms with Crippen LogP contribution in [0.3, 0.4) is 0 Å². The lowest BCUT2D eigenvalue weighted by atomic mass is 9.96. The second kappa shape index (κ2) is 6.95. The predicted molar refractivity (Wildman–Crippen MR) is 94.8 cm³/mol. The monoisotopic (exact) mass is 329 g/mol. The highest BCUT2D eigenvalue weighted by Crippen LogP contribution is 2.36. The molecule has 1 unspecified atom stereocenters. The smallest absolute Gasteiger partial charge is 0.414 e. The van der Waals surface area contributed by atoms with E-state index < -0.39 is 0 Å². The van der Waals surface area contributed by atoms with Gasteiger partial charge in [-0.3, -0.25) is 9.89 Å². The number of ether oxygens (including phenoxy) is 2. The number of hydrogen-bond donors (Lipinski definition) is 1. The first-order valence-corrected chi connectivity index (χ1v) is 8.19. The van der Waals surface area contributed by atoms with Crippen molar-refractivity contribution in [2.45, 2.75) is 32.4 Å². The van der Waals surface area contributed by atoms with Crippen LogP contribution in [0.2, 0.25) is 0 Å². The maximum Gasteiger partial charge on any atom is 0.414 e. The second-order valence-electron chi connectivity index (χ2n) is 6.17. The average molecular weight is 329 g/mol. The molecule has 1 amide bonds. The third-order valence-corrected chi connectivity index (χ3v) is 4.19. The van der Waals surface area contributed by atoms with Crippen molar-refractivity contribution in [3.05, 3.63) is 29.8 Å². The zero-order valence-electron chi connectivity index (χ0n) is 14.3. The molecule has 24 heavy (non-hydrogen) atoms. The van der Waals surface area contributed by atoms with Gasteiger partial charge in [0.1, 0.15) is 5.75 Å². The van der Waals surface area contributed by atoms with E-state index in [0.717, 1.165) is 30.0 Å². The van der Waals surface area contributed by atoms with E-state index in [1.807, 2.05) is 32.0 Å². The largest absolute Gasteiger partial charge is 0.493 e. The Morgan fingerprint density at radius 1 is 1.50 bits per heavy atom. The molecule has 6 heteroatoms. The topological polar surface area (TPSA) is 63.2 Å². The Labute approximate surface area is 142 Å². The quantitative estimate of drug-likeness (QED) is 0.926. The molecule has 0 fully saturated rings. The van der Waals surface area contributed by atoms with E-state index in [9.17, 15) is 4.79 Å². The van der Waals surface area contributed by atoms with Crippen molar-refractivity contribution in [3.63, 3.8) is 0 Å².